The summed E-state index contributed by atoms with van der Waals surface area (Å²) in [6, 6.07) is 8.20. The van der Waals surface area contributed by atoms with E-state index in [0.717, 1.165) is 51.4 Å². The second-order valence-corrected chi connectivity index (χ2v) is 7.32. The molecule has 0 atom stereocenters. The highest BCUT2D eigenvalue weighted by molar-refractivity contribution is 5.09. The molecule has 2 aromatic rings. The summed E-state index contributed by atoms with van der Waals surface area (Å²) in [5.41, 5.74) is 6.91. The summed E-state index contributed by atoms with van der Waals surface area (Å²) >= 11 is 0. The molecule has 6 heteroatoms. The SMILES string of the molecule is NCCCN1CCN(CCCN(Cc2ccncc2)Cc2ccco2)CC1. The molecule has 1 fully saturated rings. The fourth-order valence-electron chi connectivity index (χ4n) is 3.65. The van der Waals surface area contributed by atoms with Crippen molar-refractivity contribution in [3.8, 4) is 0 Å². The van der Waals surface area contributed by atoms with Gasteiger partial charge in [-0.25, -0.2) is 0 Å². The van der Waals surface area contributed by atoms with Crippen LogP contribution < -0.4 is 5.73 Å². The van der Waals surface area contributed by atoms with Crippen LogP contribution in [0.4, 0.5) is 0 Å². The summed E-state index contributed by atoms with van der Waals surface area (Å²) < 4.78 is 5.56. The van der Waals surface area contributed by atoms with E-state index in [-0.39, 0.29) is 0 Å². The number of nitrogens with two attached hydrogens (primary N) is 1. The molecule has 1 saturated heterocycles. The van der Waals surface area contributed by atoms with E-state index < -0.39 is 0 Å². The molecule has 148 valence electrons. The fraction of sp³-hybridized carbons (Fsp3) is 0.571. The quantitative estimate of drug-likeness (QED) is 0.652. The van der Waals surface area contributed by atoms with E-state index in [1.807, 2.05) is 18.5 Å². The zero-order valence-electron chi connectivity index (χ0n) is 16.3. The van der Waals surface area contributed by atoms with Crippen molar-refractivity contribution in [1.82, 2.24) is 19.7 Å². The van der Waals surface area contributed by atoms with E-state index in [1.54, 1.807) is 6.26 Å². The molecule has 3 rings (SSSR count). The lowest BCUT2D eigenvalue weighted by atomic mass is 10.2. The van der Waals surface area contributed by atoms with Gasteiger partial charge in [0.15, 0.2) is 0 Å². The number of nitrogens with zero attached hydrogens (tertiary/aromatic N) is 4. The lowest BCUT2D eigenvalue weighted by Crippen LogP contribution is -2.47. The summed E-state index contributed by atoms with van der Waals surface area (Å²) in [6.07, 6.45) is 7.77. The Kier molecular flexibility index (Phi) is 8.30. The molecular weight excluding hydrogens is 338 g/mol. The Labute approximate surface area is 162 Å². The molecule has 0 bridgehead atoms. The summed E-state index contributed by atoms with van der Waals surface area (Å²) in [5, 5.41) is 0. The van der Waals surface area contributed by atoms with Gasteiger partial charge in [0, 0.05) is 51.7 Å². The maximum absolute atomic E-state index is 5.62. The summed E-state index contributed by atoms with van der Waals surface area (Å²) in [6.45, 7) is 10.6. The zero-order chi connectivity index (χ0) is 18.7. The molecule has 2 N–H and O–H groups in total. The van der Waals surface area contributed by atoms with E-state index in [4.69, 9.17) is 10.2 Å². The third-order valence-corrected chi connectivity index (χ3v) is 5.21. The van der Waals surface area contributed by atoms with Crippen LogP contribution in [0.5, 0.6) is 0 Å². The molecule has 0 amide bonds. The third-order valence-electron chi connectivity index (χ3n) is 5.21. The summed E-state index contributed by atoms with van der Waals surface area (Å²) in [4.78, 5) is 11.7. The number of aromatic nitrogens is 1. The molecule has 0 radical (unpaired) electrons. The van der Waals surface area contributed by atoms with Gasteiger partial charge < -0.3 is 20.0 Å². The first-order valence-corrected chi connectivity index (χ1v) is 10.1. The maximum atomic E-state index is 5.62. The average Bonchev–Trinajstić information content (AvgIpc) is 3.21. The smallest absolute Gasteiger partial charge is 0.117 e. The van der Waals surface area contributed by atoms with E-state index in [0.29, 0.717) is 0 Å². The van der Waals surface area contributed by atoms with Crippen LogP contribution in [0.3, 0.4) is 0 Å². The van der Waals surface area contributed by atoms with Gasteiger partial charge in [0.05, 0.1) is 12.8 Å². The van der Waals surface area contributed by atoms with Crippen LogP contribution in [0.15, 0.2) is 47.3 Å². The molecule has 0 spiro atoms. The number of hydrogen-bond acceptors (Lipinski definition) is 6. The van der Waals surface area contributed by atoms with E-state index >= 15 is 0 Å². The van der Waals surface area contributed by atoms with Gasteiger partial charge in [-0.05, 0) is 62.3 Å². The van der Waals surface area contributed by atoms with Gasteiger partial charge in [-0.15, -0.1) is 0 Å². The minimum atomic E-state index is 0.795. The molecule has 27 heavy (non-hydrogen) atoms. The number of pyridine rings is 1. The predicted molar refractivity (Wildman–Crippen MR) is 108 cm³/mol. The normalized spacial score (nSPS) is 16.2. The Bertz CT molecular complexity index is 611. The van der Waals surface area contributed by atoms with Gasteiger partial charge in [-0.2, -0.15) is 0 Å². The van der Waals surface area contributed by atoms with Crippen LogP contribution in [-0.4, -0.2) is 72.0 Å². The molecule has 3 heterocycles. The van der Waals surface area contributed by atoms with Gasteiger partial charge in [0.1, 0.15) is 5.76 Å². The van der Waals surface area contributed by atoms with Crippen molar-refractivity contribution in [2.75, 3.05) is 52.4 Å². The molecular formula is C21H33N5O. The first-order chi connectivity index (χ1) is 13.3. The van der Waals surface area contributed by atoms with Crippen LogP contribution in [0.25, 0.3) is 0 Å². The molecule has 0 saturated carbocycles. The highest BCUT2D eigenvalue weighted by atomic mass is 16.3. The predicted octanol–water partition coefficient (Wildman–Crippen LogP) is 2.03. The monoisotopic (exact) mass is 371 g/mol. The number of hydrogen-bond donors (Lipinski definition) is 1. The van der Waals surface area contributed by atoms with Crippen LogP contribution in [0, 0.1) is 0 Å². The van der Waals surface area contributed by atoms with Gasteiger partial charge in [-0.1, -0.05) is 0 Å². The summed E-state index contributed by atoms with van der Waals surface area (Å²) in [7, 11) is 0. The number of furan rings is 1. The minimum absolute atomic E-state index is 0.795. The Morgan fingerprint density at radius 1 is 0.963 bits per heavy atom. The Balaban J connectivity index is 1.42. The second-order valence-electron chi connectivity index (χ2n) is 7.32. The lowest BCUT2D eigenvalue weighted by molar-refractivity contribution is 0.124. The molecule has 1 aliphatic heterocycles. The first-order valence-electron chi connectivity index (χ1n) is 10.1. The highest BCUT2D eigenvalue weighted by Crippen LogP contribution is 2.11. The lowest BCUT2D eigenvalue weighted by Gasteiger charge is -2.35. The Morgan fingerprint density at radius 3 is 2.30 bits per heavy atom. The van der Waals surface area contributed by atoms with Crippen molar-refractivity contribution in [3.05, 3.63) is 54.2 Å². The molecule has 0 aromatic carbocycles. The van der Waals surface area contributed by atoms with Crippen LogP contribution in [0.2, 0.25) is 0 Å². The largest absolute Gasteiger partial charge is 0.468 e. The van der Waals surface area contributed by atoms with Gasteiger partial charge in [0.2, 0.25) is 0 Å². The van der Waals surface area contributed by atoms with Crippen molar-refractivity contribution >= 4 is 0 Å². The first kappa shape index (κ1) is 20.0. The number of piperazine rings is 1. The minimum Gasteiger partial charge on any atom is -0.468 e. The molecule has 1 aliphatic rings. The van der Waals surface area contributed by atoms with Crippen LogP contribution in [0.1, 0.15) is 24.2 Å². The van der Waals surface area contributed by atoms with Crippen LogP contribution in [-0.2, 0) is 13.1 Å². The van der Waals surface area contributed by atoms with Crippen molar-refractivity contribution in [1.29, 1.82) is 0 Å². The Hall–Kier alpha value is -1.73. The fourth-order valence-corrected chi connectivity index (χ4v) is 3.65. The molecule has 6 nitrogen and oxygen atoms in total. The van der Waals surface area contributed by atoms with Gasteiger partial charge >= 0.3 is 0 Å². The number of rotatable bonds is 11. The van der Waals surface area contributed by atoms with Gasteiger partial charge in [-0.3, -0.25) is 9.88 Å². The third kappa shape index (κ3) is 7.07. The second kappa shape index (κ2) is 11.2. The van der Waals surface area contributed by atoms with Crippen molar-refractivity contribution in [3.63, 3.8) is 0 Å². The van der Waals surface area contributed by atoms with Gasteiger partial charge in [0.25, 0.3) is 0 Å². The Morgan fingerprint density at radius 2 is 1.67 bits per heavy atom. The highest BCUT2D eigenvalue weighted by Gasteiger charge is 2.16. The van der Waals surface area contributed by atoms with E-state index in [2.05, 4.69) is 37.9 Å². The van der Waals surface area contributed by atoms with E-state index in [1.165, 1.54) is 38.2 Å². The zero-order valence-corrected chi connectivity index (χ0v) is 16.3. The van der Waals surface area contributed by atoms with Crippen molar-refractivity contribution < 1.29 is 4.42 Å². The summed E-state index contributed by atoms with van der Waals surface area (Å²) in [5.74, 6) is 1.03. The van der Waals surface area contributed by atoms with E-state index in [9.17, 15) is 0 Å². The molecule has 2 aromatic heterocycles. The maximum Gasteiger partial charge on any atom is 0.117 e. The average molecular weight is 372 g/mol. The topological polar surface area (TPSA) is 61.8 Å². The standard InChI is InChI=1S/C21H33N5O/c22-7-2-10-24-13-15-25(16-14-24)11-3-12-26(19-21-4-1-17-27-21)18-20-5-8-23-9-6-20/h1,4-6,8-9,17H,2-3,7,10-16,18-19,22H2. The molecule has 0 unspecified atom stereocenters. The molecule has 0 aliphatic carbocycles. The van der Waals surface area contributed by atoms with Crippen molar-refractivity contribution in [2.45, 2.75) is 25.9 Å². The van der Waals surface area contributed by atoms with Crippen molar-refractivity contribution in [2.24, 2.45) is 5.73 Å². The van der Waals surface area contributed by atoms with Crippen LogP contribution >= 0.6 is 0 Å².